The summed E-state index contributed by atoms with van der Waals surface area (Å²) >= 11 is 0. The molecule has 1 atom stereocenters. The average Bonchev–Trinajstić information content (AvgIpc) is 2.60. The minimum absolute atomic E-state index is 0.0601. The molecular formula is C20H26N2O3. The highest BCUT2D eigenvalue weighted by Crippen LogP contribution is 2.16. The number of amides is 1. The summed E-state index contributed by atoms with van der Waals surface area (Å²) in [5.74, 6) is 0.597. The molecule has 3 N–H and O–H groups in total. The molecule has 2 aromatic carbocycles. The summed E-state index contributed by atoms with van der Waals surface area (Å²) in [5, 5.41) is 15.8. The van der Waals surface area contributed by atoms with Crippen molar-refractivity contribution < 1.29 is 14.6 Å². The smallest absolute Gasteiger partial charge is 0.228 e. The van der Waals surface area contributed by atoms with Gasteiger partial charge in [0.05, 0.1) is 6.42 Å². The first-order valence-electron chi connectivity index (χ1n) is 8.51. The van der Waals surface area contributed by atoms with Crippen LogP contribution in [0.4, 0.5) is 5.69 Å². The van der Waals surface area contributed by atoms with Gasteiger partial charge in [0.2, 0.25) is 5.91 Å². The highest BCUT2D eigenvalue weighted by molar-refractivity contribution is 5.92. The van der Waals surface area contributed by atoms with E-state index in [0.29, 0.717) is 24.8 Å². The SMILES string of the molecule is CC(C)NC[C@@H](O)COc1ccc(NC(=O)Cc2ccccc2)cc1. The molecule has 0 bridgehead atoms. The van der Waals surface area contributed by atoms with Crippen molar-refractivity contribution in [3.63, 3.8) is 0 Å². The van der Waals surface area contributed by atoms with Crippen LogP contribution in [0.15, 0.2) is 54.6 Å². The number of benzene rings is 2. The topological polar surface area (TPSA) is 70.6 Å². The van der Waals surface area contributed by atoms with Crippen LogP contribution in [0.1, 0.15) is 19.4 Å². The maximum atomic E-state index is 12.0. The number of hydrogen-bond donors (Lipinski definition) is 3. The summed E-state index contributed by atoms with van der Waals surface area (Å²) < 4.78 is 5.55. The molecule has 25 heavy (non-hydrogen) atoms. The third kappa shape index (κ3) is 7.37. The van der Waals surface area contributed by atoms with Gasteiger partial charge in [0.15, 0.2) is 0 Å². The molecule has 0 spiro atoms. The molecule has 0 aliphatic carbocycles. The molecule has 0 fully saturated rings. The number of rotatable bonds is 9. The van der Waals surface area contributed by atoms with Crippen LogP contribution in [0, 0.1) is 0 Å². The predicted molar refractivity (Wildman–Crippen MR) is 99.9 cm³/mol. The highest BCUT2D eigenvalue weighted by atomic mass is 16.5. The van der Waals surface area contributed by atoms with E-state index in [4.69, 9.17) is 4.74 Å². The van der Waals surface area contributed by atoms with Crippen LogP contribution in [0.5, 0.6) is 5.75 Å². The Labute approximate surface area is 149 Å². The Kier molecular flexibility index (Phi) is 7.44. The van der Waals surface area contributed by atoms with Gasteiger partial charge < -0.3 is 20.5 Å². The molecule has 0 heterocycles. The lowest BCUT2D eigenvalue weighted by Crippen LogP contribution is -2.35. The fraction of sp³-hybridized carbons (Fsp3) is 0.350. The lowest BCUT2D eigenvalue weighted by Gasteiger charge is -2.15. The first kappa shape index (κ1) is 19.0. The van der Waals surface area contributed by atoms with E-state index in [1.807, 2.05) is 44.2 Å². The van der Waals surface area contributed by atoms with Crippen molar-refractivity contribution in [3.05, 3.63) is 60.2 Å². The largest absolute Gasteiger partial charge is 0.491 e. The molecule has 0 aliphatic rings. The number of aliphatic hydroxyl groups is 1. The van der Waals surface area contributed by atoms with Crippen LogP contribution >= 0.6 is 0 Å². The molecule has 1 amide bonds. The van der Waals surface area contributed by atoms with E-state index in [1.54, 1.807) is 24.3 Å². The van der Waals surface area contributed by atoms with E-state index < -0.39 is 6.10 Å². The van der Waals surface area contributed by atoms with Crippen molar-refractivity contribution in [3.8, 4) is 5.75 Å². The second-order valence-electron chi connectivity index (χ2n) is 6.26. The average molecular weight is 342 g/mol. The number of hydrogen-bond acceptors (Lipinski definition) is 4. The Morgan fingerprint density at radius 2 is 1.76 bits per heavy atom. The van der Waals surface area contributed by atoms with Gasteiger partial charge in [0, 0.05) is 18.3 Å². The van der Waals surface area contributed by atoms with Gasteiger partial charge in [-0.05, 0) is 29.8 Å². The van der Waals surface area contributed by atoms with Gasteiger partial charge in [-0.1, -0.05) is 44.2 Å². The zero-order valence-corrected chi connectivity index (χ0v) is 14.7. The molecule has 0 saturated carbocycles. The van der Waals surface area contributed by atoms with Crippen LogP contribution in [0.2, 0.25) is 0 Å². The molecule has 2 rings (SSSR count). The van der Waals surface area contributed by atoms with Gasteiger partial charge in [0.25, 0.3) is 0 Å². The van der Waals surface area contributed by atoms with Crippen molar-refractivity contribution in [1.82, 2.24) is 5.32 Å². The van der Waals surface area contributed by atoms with Crippen molar-refractivity contribution >= 4 is 11.6 Å². The van der Waals surface area contributed by atoms with Crippen LogP contribution in [0.25, 0.3) is 0 Å². The van der Waals surface area contributed by atoms with Gasteiger partial charge in [-0.3, -0.25) is 4.79 Å². The summed E-state index contributed by atoms with van der Waals surface area (Å²) in [6, 6.07) is 17.1. The summed E-state index contributed by atoms with van der Waals surface area (Å²) in [6.45, 7) is 4.77. The van der Waals surface area contributed by atoms with Gasteiger partial charge in [0.1, 0.15) is 18.5 Å². The van der Waals surface area contributed by atoms with E-state index in [2.05, 4.69) is 10.6 Å². The minimum Gasteiger partial charge on any atom is -0.491 e. The highest BCUT2D eigenvalue weighted by Gasteiger charge is 2.07. The Balaban J connectivity index is 1.76. The molecule has 5 heteroatoms. The first-order chi connectivity index (χ1) is 12.0. The fourth-order valence-electron chi connectivity index (χ4n) is 2.24. The van der Waals surface area contributed by atoms with Crippen molar-refractivity contribution in [2.45, 2.75) is 32.4 Å². The van der Waals surface area contributed by atoms with E-state index in [9.17, 15) is 9.90 Å². The van der Waals surface area contributed by atoms with E-state index in [0.717, 1.165) is 11.3 Å². The molecule has 0 saturated heterocycles. The maximum absolute atomic E-state index is 12.0. The standard InChI is InChI=1S/C20H26N2O3/c1-15(2)21-13-18(23)14-25-19-10-8-17(9-11-19)22-20(24)12-16-6-4-3-5-7-16/h3-11,15,18,21,23H,12-14H2,1-2H3,(H,22,24)/t18-/m1/s1. The van der Waals surface area contributed by atoms with Crippen LogP contribution in [0.3, 0.4) is 0 Å². The molecule has 0 unspecified atom stereocenters. The van der Waals surface area contributed by atoms with E-state index in [-0.39, 0.29) is 12.5 Å². The minimum atomic E-state index is -0.562. The second-order valence-corrected chi connectivity index (χ2v) is 6.26. The molecular weight excluding hydrogens is 316 g/mol. The molecule has 0 aliphatic heterocycles. The summed E-state index contributed by atoms with van der Waals surface area (Å²) in [4.78, 5) is 12.0. The number of carbonyl (C=O) groups is 1. The van der Waals surface area contributed by atoms with Crippen molar-refractivity contribution in [2.24, 2.45) is 0 Å². The molecule has 2 aromatic rings. The predicted octanol–water partition coefficient (Wildman–Crippen LogP) is 2.61. The van der Waals surface area contributed by atoms with Crippen molar-refractivity contribution in [1.29, 1.82) is 0 Å². The fourth-order valence-corrected chi connectivity index (χ4v) is 2.24. The maximum Gasteiger partial charge on any atom is 0.228 e. The van der Waals surface area contributed by atoms with E-state index >= 15 is 0 Å². The van der Waals surface area contributed by atoms with Gasteiger partial charge in [-0.25, -0.2) is 0 Å². The lowest BCUT2D eigenvalue weighted by molar-refractivity contribution is -0.115. The molecule has 0 radical (unpaired) electrons. The van der Waals surface area contributed by atoms with Gasteiger partial charge >= 0.3 is 0 Å². The number of nitrogens with one attached hydrogen (secondary N) is 2. The zero-order valence-electron chi connectivity index (χ0n) is 14.7. The Morgan fingerprint density at radius 3 is 2.40 bits per heavy atom. The lowest BCUT2D eigenvalue weighted by atomic mass is 10.1. The number of anilines is 1. The third-order valence-corrected chi connectivity index (χ3v) is 3.55. The van der Waals surface area contributed by atoms with Gasteiger partial charge in [-0.15, -0.1) is 0 Å². The Bertz CT molecular complexity index is 642. The number of aliphatic hydroxyl groups excluding tert-OH is 1. The normalized spacial score (nSPS) is 12.0. The van der Waals surface area contributed by atoms with Gasteiger partial charge in [-0.2, -0.15) is 0 Å². The quantitative estimate of drug-likeness (QED) is 0.655. The monoisotopic (exact) mass is 342 g/mol. The summed E-state index contributed by atoms with van der Waals surface area (Å²) in [6.07, 6.45) is -0.221. The number of ether oxygens (including phenoxy) is 1. The molecule has 5 nitrogen and oxygen atoms in total. The van der Waals surface area contributed by atoms with Crippen LogP contribution < -0.4 is 15.4 Å². The molecule has 134 valence electrons. The first-order valence-corrected chi connectivity index (χ1v) is 8.51. The molecule has 0 aromatic heterocycles. The van der Waals surface area contributed by atoms with Crippen LogP contribution in [-0.4, -0.2) is 36.3 Å². The zero-order chi connectivity index (χ0) is 18.1. The number of carbonyl (C=O) groups excluding carboxylic acids is 1. The second kappa shape index (κ2) is 9.81. The Morgan fingerprint density at radius 1 is 1.08 bits per heavy atom. The summed E-state index contributed by atoms with van der Waals surface area (Å²) in [7, 11) is 0. The summed E-state index contributed by atoms with van der Waals surface area (Å²) in [5.41, 5.74) is 1.69. The van der Waals surface area contributed by atoms with Crippen molar-refractivity contribution in [2.75, 3.05) is 18.5 Å². The van der Waals surface area contributed by atoms with E-state index in [1.165, 1.54) is 0 Å². The van der Waals surface area contributed by atoms with Crippen LogP contribution in [-0.2, 0) is 11.2 Å². The Hall–Kier alpha value is -2.37. The third-order valence-electron chi connectivity index (χ3n) is 3.55.